The minimum absolute atomic E-state index is 0.0884. The molecule has 10 heteroatoms. The van der Waals surface area contributed by atoms with E-state index in [-0.39, 0.29) is 17.5 Å². The molecule has 0 bridgehead atoms. The molecule has 0 aromatic heterocycles. The van der Waals surface area contributed by atoms with E-state index in [4.69, 9.17) is 5.73 Å². The maximum absolute atomic E-state index is 13.6. The second-order valence-corrected chi connectivity index (χ2v) is 5.68. The molecule has 2 aromatic carbocycles. The van der Waals surface area contributed by atoms with E-state index < -0.39 is 52.3 Å². The van der Waals surface area contributed by atoms with E-state index in [0.717, 1.165) is 24.3 Å². The van der Waals surface area contributed by atoms with E-state index in [9.17, 15) is 32.9 Å². The van der Waals surface area contributed by atoms with Crippen LogP contribution in [0.1, 0.15) is 11.1 Å². The Hall–Kier alpha value is -3.43. The molecule has 27 heavy (non-hydrogen) atoms. The molecule has 0 radical (unpaired) electrons. The second kappa shape index (κ2) is 8.30. The van der Waals surface area contributed by atoms with Crippen molar-refractivity contribution >= 4 is 17.5 Å². The zero-order chi connectivity index (χ0) is 20.1. The highest BCUT2D eigenvalue weighted by Crippen LogP contribution is 2.19. The lowest BCUT2D eigenvalue weighted by Gasteiger charge is -2.16. The number of benzene rings is 2. The van der Waals surface area contributed by atoms with Crippen molar-refractivity contribution in [2.75, 3.05) is 0 Å². The Balaban J connectivity index is 2.11. The molecule has 2 rings (SSSR count). The molecule has 0 aliphatic heterocycles. The molecule has 0 spiro atoms. The summed E-state index contributed by atoms with van der Waals surface area (Å²) in [5.74, 6) is -4.47. The van der Waals surface area contributed by atoms with Crippen LogP contribution in [0.5, 0.6) is 0 Å². The van der Waals surface area contributed by atoms with Gasteiger partial charge < -0.3 is 11.1 Å². The monoisotopic (exact) mass is 381 g/mol. The molecule has 3 N–H and O–H groups in total. The first-order valence-electron chi connectivity index (χ1n) is 7.62. The topological polar surface area (TPSA) is 115 Å². The lowest BCUT2D eigenvalue weighted by Crippen LogP contribution is -2.46. The summed E-state index contributed by atoms with van der Waals surface area (Å²) in [6.45, 7) is 0. The van der Waals surface area contributed by atoms with E-state index >= 15 is 0 Å². The fourth-order valence-corrected chi connectivity index (χ4v) is 2.37. The Kier molecular flexibility index (Phi) is 6.11. The first-order chi connectivity index (χ1) is 12.7. The normalized spacial score (nSPS) is 11.7. The highest BCUT2D eigenvalue weighted by atomic mass is 19.1. The van der Waals surface area contributed by atoms with Crippen molar-refractivity contribution < 1.29 is 27.7 Å². The van der Waals surface area contributed by atoms with Gasteiger partial charge in [0.05, 0.1) is 11.3 Å². The van der Waals surface area contributed by atoms with Crippen molar-refractivity contribution in [1.29, 1.82) is 0 Å². The van der Waals surface area contributed by atoms with Gasteiger partial charge in [0, 0.05) is 18.6 Å². The fourth-order valence-electron chi connectivity index (χ4n) is 2.37. The molecular weight excluding hydrogens is 367 g/mol. The summed E-state index contributed by atoms with van der Waals surface area (Å²) in [5, 5.41) is 13.1. The third kappa shape index (κ3) is 5.27. The molecule has 0 saturated heterocycles. The summed E-state index contributed by atoms with van der Waals surface area (Å²) < 4.78 is 39.9. The molecule has 7 nitrogen and oxygen atoms in total. The van der Waals surface area contributed by atoms with Crippen LogP contribution in [0.2, 0.25) is 0 Å². The molecule has 0 heterocycles. The number of nitro benzene ring substituents is 1. The number of nitrogens with zero attached hydrogens (tertiary/aromatic N) is 1. The summed E-state index contributed by atoms with van der Waals surface area (Å²) in [7, 11) is 0. The van der Waals surface area contributed by atoms with E-state index in [1.807, 2.05) is 0 Å². The van der Waals surface area contributed by atoms with Crippen molar-refractivity contribution in [3.8, 4) is 0 Å². The van der Waals surface area contributed by atoms with Gasteiger partial charge >= 0.3 is 5.69 Å². The number of carbonyl (C=O) groups excluding carboxylic acids is 2. The number of carbonyl (C=O) groups is 2. The fraction of sp³-hybridized carbons (Fsp3) is 0.176. The van der Waals surface area contributed by atoms with Gasteiger partial charge in [-0.15, -0.1) is 0 Å². The number of nitrogens with two attached hydrogens (primary N) is 1. The third-order valence-corrected chi connectivity index (χ3v) is 3.69. The number of primary amides is 1. The van der Waals surface area contributed by atoms with Crippen molar-refractivity contribution in [2.45, 2.75) is 18.9 Å². The molecule has 0 fully saturated rings. The van der Waals surface area contributed by atoms with Gasteiger partial charge in [0.25, 0.3) is 0 Å². The predicted molar refractivity (Wildman–Crippen MR) is 87.9 cm³/mol. The number of amides is 2. The van der Waals surface area contributed by atoms with Crippen LogP contribution >= 0.6 is 0 Å². The third-order valence-electron chi connectivity index (χ3n) is 3.69. The van der Waals surface area contributed by atoms with Crippen molar-refractivity contribution in [3.63, 3.8) is 0 Å². The van der Waals surface area contributed by atoms with Crippen molar-refractivity contribution in [1.82, 2.24) is 5.32 Å². The van der Waals surface area contributed by atoms with Gasteiger partial charge in [0.2, 0.25) is 17.6 Å². The lowest BCUT2D eigenvalue weighted by molar-refractivity contribution is -0.387. The number of nitrogens with one attached hydrogen (secondary N) is 1. The van der Waals surface area contributed by atoms with Crippen LogP contribution in [0.25, 0.3) is 0 Å². The van der Waals surface area contributed by atoms with Crippen LogP contribution in [0.15, 0.2) is 36.4 Å². The Bertz CT molecular complexity index is 905. The number of hydrogen-bond donors (Lipinski definition) is 2. The summed E-state index contributed by atoms with van der Waals surface area (Å²) in [6, 6.07) is 4.43. The molecule has 1 atom stereocenters. The zero-order valence-electron chi connectivity index (χ0n) is 13.7. The van der Waals surface area contributed by atoms with E-state index in [2.05, 4.69) is 5.32 Å². The maximum atomic E-state index is 13.6. The Labute approximate surface area is 151 Å². The second-order valence-electron chi connectivity index (χ2n) is 5.68. The molecule has 142 valence electrons. The zero-order valence-corrected chi connectivity index (χ0v) is 13.7. The first kappa shape index (κ1) is 19.9. The molecule has 0 saturated carbocycles. The van der Waals surface area contributed by atoms with Gasteiger partial charge in [-0.05, 0) is 23.3 Å². The minimum Gasteiger partial charge on any atom is -0.368 e. The van der Waals surface area contributed by atoms with E-state index in [1.54, 1.807) is 0 Å². The first-order valence-corrected chi connectivity index (χ1v) is 7.62. The maximum Gasteiger partial charge on any atom is 0.305 e. The molecule has 2 aromatic rings. The molecular formula is C17H14F3N3O4. The highest BCUT2D eigenvalue weighted by molar-refractivity contribution is 5.87. The van der Waals surface area contributed by atoms with Gasteiger partial charge in [-0.2, -0.15) is 4.39 Å². The average Bonchev–Trinajstić information content (AvgIpc) is 2.58. The van der Waals surface area contributed by atoms with E-state index in [0.29, 0.717) is 6.07 Å². The molecule has 2 amide bonds. The van der Waals surface area contributed by atoms with Crippen LogP contribution < -0.4 is 11.1 Å². The average molecular weight is 381 g/mol. The van der Waals surface area contributed by atoms with Crippen molar-refractivity contribution in [2.24, 2.45) is 5.73 Å². The Morgan fingerprint density at radius 3 is 2.41 bits per heavy atom. The van der Waals surface area contributed by atoms with Crippen LogP contribution in [-0.2, 0) is 22.4 Å². The quantitative estimate of drug-likeness (QED) is 0.562. The Morgan fingerprint density at radius 1 is 1.11 bits per heavy atom. The van der Waals surface area contributed by atoms with E-state index in [1.165, 1.54) is 6.07 Å². The van der Waals surface area contributed by atoms with Gasteiger partial charge in [-0.25, -0.2) is 8.78 Å². The Morgan fingerprint density at radius 2 is 1.81 bits per heavy atom. The molecule has 0 unspecified atom stereocenters. The number of hydrogen-bond acceptors (Lipinski definition) is 4. The summed E-state index contributed by atoms with van der Waals surface area (Å²) in [5.41, 5.74) is 4.54. The molecule has 0 aliphatic rings. The summed E-state index contributed by atoms with van der Waals surface area (Å²) >= 11 is 0. The van der Waals surface area contributed by atoms with Gasteiger partial charge in [0.15, 0.2) is 0 Å². The summed E-state index contributed by atoms with van der Waals surface area (Å²) in [6.07, 6.45) is -0.701. The number of rotatable bonds is 7. The van der Waals surface area contributed by atoms with Crippen LogP contribution in [0.4, 0.5) is 18.9 Å². The lowest BCUT2D eigenvalue weighted by atomic mass is 10.0. The van der Waals surface area contributed by atoms with Crippen molar-refractivity contribution in [3.05, 3.63) is 75.1 Å². The van der Waals surface area contributed by atoms with Gasteiger partial charge in [-0.1, -0.05) is 12.1 Å². The number of halogens is 3. The number of nitro groups is 1. The molecule has 0 aliphatic carbocycles. The largest absolute Gasteiger partial charge is 0.368 e. The van der Waals surface area contributed by atoms with Crippen LogP contribution in [-0.4, -0.2) is 22.8 Å². The smallest absolute Gasteiger partial charge is 0.305 e. The highest BCUT2D eigenvalue weighted by Gasteiger charge is 2.22. The van der Waals surface area contributed by atoms with Crippen LogP contribution in [0, 0.1) is 27.6 Å². The minimum atomic E-state index is -1.26. The summed E-state index contributed by atoms with van der Waals surface area (Å²) in [4.78, 5) is 33.5. The standard InChI is InChI=1S/C17H14F3N3O4/c18-11-3-2-10(13(20)8-11)7-16(24)22-14(17(21)25)5-9-1-4-12(19)15(6-9)23(26)27/h1-4,6,8,14H,5,7H2,(H2,21,25)(H,22,24)/t14-/m1/s1. The van der Waals surface area contributed by atoms with Gasteiger partial charge in [-0.3, -0.25) is 19.7 Å². The van der Waals surface area contributed by atoms with Crippen LogP contribution in [0.3, 0.4) is 0 Å². The predicted octanol–water partition coefficient (Wildman–Crippen LogP) is 1.77. The van der Waals surface area contributed by atoms with Gasteiger partial charge in [0.1, 0.15) is 17.7 Å². The SMILES string of the molecule is NC(=O)[C@@H](Cc1ccc(F)c([N+](=O)[O-])c1)NC(=O)Cc1ccc(F)cc1F.